The first-order chi connectivity index (χ1) is 8.84. The molecule has 0 amide bonds. The second kappa shape index (κ2) is 6.91. The lowest BCUT2D eigenvalue weighted by atomic mass is 10.1. The van der Waals surface area contributed by atoms with Crippen LogP contribution in [0.5, 0.6) is 0 Å². The molecule has 2 N–H and O–H groups in total. The quantitative estimate of drug-likeness (QED) is 0.809. The van der Waals surface area contributed by atoms with E-state index in [-0.39, 0.29) is 17.7 Å². The smallest absolute Gasteiger partial charge is 0.232 e. The van der Waals surface area contributed by atoms with Crippen molar-refractivity contribution in [3.05, 3.63) is 29.8 Å². The van der Waals surface area contributed by atoms with E-state index in [1.54, 1.807) is 12.1 Å². The van der Waals surface area contributed by atoms with Gasteiger partial charge in [-0.1, -0.05) is 32.9 Å². The van der Waals surface area contributed by atoms with E-state index in [0.29, 0.717) is 5.69 Å². The van der Waals surface area contributed by atoms with Gasteiger partial charge in [-0.2, -0.15) is 0 Å². The van der Waals surface area contributed by atoms with Crippen molar-refractivity contribution in [2.45, 2.75) is 33.7 Å². The van der Waals surface area contributed by atoms with Gasteiger partial charge in [0.1, 0.15) is 0 Å². The average Bonchev–Trinajstić information content (AvgIpc) is 2.27. The summed E-state index contributed by atoms with van der Waals surface area (Å²) >= 11 is 0. The Hall–Kier alpha value is -1.07. The highest BCUT2D eigenvalue weighted by Gasteiger charge is 2.13. The molecule has 0 heterocycles. The van der Waals surface area contributed by atoms with Crippen LogP contribution in [0.3, 0.4) is 0 Å². The minimum Gasteiger partial charge on any atom is -0.310 e. The second-order valence-corrected chi connectivity index (χ2v) is 6.95. The monoisotopic (exact) mass is 284 g/mol. The van der Waals surface area contributed by atoms with Gasteiger partial charge in [0.15, 0.2) is 0 Å². The molecule has 108 valence electrons. The van der Waals surface area contributed by atoms with Crippen LogP contribution in [0, 0.1) is 5.92 Å². The van der Waals surface area contributed by atoms with Gasteiger partial charge in [0.2, 0.25) is 10.0 Å². The van der Waals surface area contributed by atoms with Crippen LogP contribution in [0.4, 0.5) is 5.69 Å². The molecule has 0 aliphatic heterocycles. The van der Waals surface area contributed by atoms with Crippen molar-refractivity contribution in [2.24, 2.45) is 5.92 Å². The van der Waals surface area contributed by atoms with Crippen molar-refractivity contribution < 1.29 is 8.42 Å². The average molecular weight is 284 g/mol. The molecule has 0 aliphatic rings. The normalized spacial score (nSPS) is 13.5. The Morgan fingerprint density at radius 3 is 2.16 bits per heavy atom. The third-order valence-electron chi connectivity index (χ3n) is 2.75. The summed E-state index contributed by atoms with van der Waals surface area (Å²) < 4.78 is 26.2. The number of rotatable bonds is 7. The summed E-state index contributed by atoms with van der Waals surface area (Å²) in [6.07, 6.45) is 0. The maximum absolute atomic E-state index is 11.8. The highest BCUT2D eigenvalue weighted by molar-refractivity contribution is 7.92. The lowest BCUT2D eigenvalue weighted by Crippen LogP contribution is -2.20. The lowest BCUT2D eigenvalue weighted by molar-refractivity contribution is 0.587. The Morgan fingerprint density at radius 1 is 1.11 bits per heavy atom. The predicted molar refractivity (Wildman–Crippen MR) is 80.8 cm³/mol. The van der Waals surface area contributed by atoms with E-state index < -0.39 is 10.0 Å². The maximum atomic E-state index is 11.8. The van der Waals surface area contributed by atoms with E-state index in [0.717, 1.165) is 12.1 Å². The summed E-state index contributed by atoms with van der Waals surface area (Å²) in [4.78, 5) is 0. The van der Waals surface area contributed by atoms with Crippen LogP contribution in [0.15, 0.2) is 24.3 Å². The van der Waals surface area contributed by atoms with Gasteiger partial charge in [-0.05, 0) is 37.1 Å². The van der Waals surface area contributed by atoms with E-state index in [1.165, 1.54) is 0 Å². The first-order valence-electron chi connectivity index (χ1n) is 6.68. The van der Waals surface area contributed by atoms with Crippen molar-refractivity contribution >= 4 is 15.7 Å². The molecule has 1 aromatic rings. The van der Waals surface area contributed by atoms with Gasteiger partial charge in [0, 0.05) is 11.7 Å². The minimum atomic E-state index is -3.24. The van der Waals surface area contributed by atoms with E-state index in [4.69, 9.17) is 0 Å². The van der Waals surface area contributed by atoms with Crippen molar-refractivity contribution in [3.63, 3.8) is 0 Å². The first-order valence-corrected chi connectivity index (χ1v) is 8.33. The maximum Gasteiger partial charge on any atom is 0.232 e. The van der Waals surface area contributed by atoms with Gasteiger partial charge in [-0.3, -0.25) is 4.72 Å². The molecule has 1 atom stereocenters. The van der Waals surface area contributed by atoms with E-state index in [1.807, 2.05) is 26.0 Å². The lowest BCUT2D eigenvalue weighted by Gasteiger charge is -2.14. The number of sulfonamides is 1. The molecule has 1 aromatic carbocycles. The zero-order chi connectivity index (χ0) is 14.5. The Kier molecular flexibility index (Phi) is 5.82. The molecule has 4 nitrogen and oxygen atoms in total. The first kappa shape index (κ1) is 16.0. The molecular weight excluding hydrogens is 260 g/mol. The molecule has 0 radical (unpaired) electrons. The third-order valence-corrected chi connectivity index (χ3v) is 4.40. The van der Waals surface area contributed by atoms with Crippen molar-refractivity contribution in [1.82, 2.24) is 5.32 Å². The van der Waals surface area contributed by atoms with Crippen LogP contribution in [-0.4, -0.2) is 20.7 Å². The summed E-state index contributed by atoms with van der Waals surface area (Å²) in [7, 11) is -3.24. The summed E-state index contributed by atoms with van der Waals surface area (Å²) in [5, 5.41) is 3.32. The summed E-state index contributed by atoms with van der Waals surface area (Å²) in [6.45, 7) is 8.83. The standard InChI is InChI=1S/C14H24N2O2S/c1-5-15-12(4)13-6-8-14(9-7-13)16-19(17,18)10-11(2)3/h6-9,11-12,15-16H,5,10H2,1-4H3. The summed E-state index contributed by atoms with van der Waals surface area (Å²) in [6, 6.07) is 7.77. The largest absolute Gasteiger partial charge is 0.310 e. The van der Waals surface area contributed by atoms with Crippen LogP contribution in [0.2, 0.25) is 0 Å². The van der Waals surface area contributed by atoms with Crippen molar-refractivity contribution in [3.8, 4) is 0 Å². The molecule has 0 saturated carbocycles. The molecule has 1 rings (SSSR count). The van der Waals surface area contributed by atoms with E-state index in [2.05, 4.69) is 23.9 Å². The van der Waals surface area contributed by atoms with Gasteiger partial charge in [0.05, 0.1) is 5.75 Å². The zero-order valence-electron chi connectivity index (χ0n) is 12.1. The van der Waals surface area contributed by atoms with Gasteiger partial charge < -0.3 is 5.32 Å². The number of hydrogen-bond donors (Lipinski definition) is 2. The topological polar surface area (TPSA) is 58.2 Å². The molecule has 0 aliphatic carbocycles. The number of benzene rings is 1. The molecule has 0 spiro atoms. The SMILES string of the molecule is CCNC(C)c1ccc(NS(=O)(=O)CC(C)C)cc1. The van der Waals surface area contributed by atoms with Crippen LogP contribution in [0.1, 0.15) is 39.3 Å². The Labute approximate surface area is 116 Å². The molecule has 1 unspecified atom stereocenters. The van der Waals surface area contributed by atoms with E-state index in [9.17, 15) is 8.42 Å². The molecule has 0 saturated heterocycles. The van der Waals surface area contributed by atoms with E-state index >= 15 is 0 Å². The van der Waals surface area contributed by atoms with Gasteiger partial charge in [-0.25, -0.2) is 8.42 Å². The molecule has 19 heavy (non-hydrogen) atoms. The Morgan fingerprint density at radius 2 is 1.68 bits per heavy atom. The molecule has 0 bridgehead atoms. The predicted octanol–water partition coefficient (Wildman–Crippen LogP) is 2.75. The zero-order valence-corrected chi connectivity index (χ0v) is 12.9. The fourth-order valence-corrected chi connectivity index (χ4v) is 3.38. The van der Waals surface area contributed by atoms with Crippen molar-refractivity contribution in [2.75, 3.05) is 17.0 Å². The van der Waals surface area contributed by atoms with Gasteiger partial charge >= 0.3 is 0 Å². The summed E-state index contributed by atoms with van der Waals surface area (Å²) in [5.41, 5.74) is 1.77. The molecule has 5 heteroatoms. The van der Waals surface area contributed by atoms with Gasteiger partial charge in [-0.15, -0.1) is 0 Å². The van der Waals surface area contributed by atoms with Gasteiger partial charge in [0.25, 0.3) is 0 Å². The van der Waals surface area contributed by atoms with Crippen LogP contribution in [-0.2, 0) is 10.0 Å². The molecular formula is C14H24N2O2S. The molecule has 0 fully saturated rings. The number of nitrogens with one attached hydrogen (secondary N) is 2. The minimum absolute atomic E-state index is 0.116. The fraction of sp³-hybridized carbons (Fsp3) is 0.571. The second-order valence-electron chi connectivity index (χ2n) is 5.18. The third kappa shape index (κ3) is 5.61. The highest BCUT2D eigenvalue weighted by Crippen LogP contribution is 2.17. The van der Waals surface area contributed by atoms with Crippen LogP contribution in [0.25, 0.3) is 0 Å². The van der Waals surface area contributed by atoms with Crippen molar-refractivity contribution in [1.29, 1.82) is 0 Å². The number of hydrogen-bond acceptors (Lipinski definition) is 3. The Bertz CT molecular complexity index is 481. The van der Waals surface area contributed by atoms with Crippen LogP contribution >= 0.6 is 0 Å². The highest BCUT2D eigenvalue weighted by atomic mass is 32.2. The van der Waals surface area contributed by atoms with Crippen LogP contribution < -0.4 is 10.0 Å². The molecule has 0 aromatic heterocycles. The Balaban J connectivity index is 2.72. The summed E-state index contributed by atoms with van der Waals surface area (Å²) in [5.74, 6) is 0.258. The number of anilines is 1. The fourth-order valence-electron chi connectivity index (χ4n) is 1.92.